The molecule has 0 fully saturated rings. The molecule has 0 spiro atoms. The van der Waals surface area contributed by atoms with Gasteiger partial charge in [-0.25, -0.2) is 4.79 Å². The summed E-state index contributed by atoms with van der Waals surface area (Å²) in [5.74, 6) is 0.0714. The third-order valence-electron chi connectivity index (χ3n) is 3.98. The summed E-state index contributed by atoms with van der Waals surface area (Å²) in [7, 11) is 1.34. The maximum absolute atomic E-state index is 12.5. The highest BCUT2D eigenvalue weighted by Crippen LogP contribution is 2.14. The van der Waals surface area contributed by atoms with Gasteiger partial charge >= 0.3 is 5.97 Å². The molecule has 0 aliphatic carbocycles. The van der Waals surface area contributed by atoms with E-state index in [2.05, 4.69) is 4.74 Å². The van der Waals surface area contributed by atoms with Crippen LogP contribution in [0.5, 0.6) is 5.75 Å². The number of hydrogen-bond donors (Lipinski definition) is 0. The topological polar surface area (TPSA) is 55.8 Å². The minimum absolute atomic E-state index is 0.0383. The third-order valence-corrected chi connectivity index (χ3v) is 3.98. The van der Waals surface area contributed by atoms with Crippen molar-refractivity contribution in [1.29, 1.82) is 0 Å². The third kappa shape index (κ3) is 5.62. The average Bonchev–Trinajstić information content (AvgIpc) is 2.67. The van der Waals surface area contributed by atoms with Gasteiger partial charge in [-0.15, -0.1) is 0 Å². The van der Waals surface area contributed by atoms with E-state index in [9.17, 15) is 9.59 Å². The molecule has 5 heteroatoms. The van der Waals surface area contributed by atoms with Crippen molar-refractivity contribution in [2.75, 3.05) is 20.3 Å². The zero-order valence-corrected chi connectivity index (χ0v) is 15.5. The summed E-state index contributed by atoms with van der Waals surface area (Å²) >= 11 is 0. The Morgan fingerprint density at radius 3 is 2.23 bits per heavy atom. The zero-order chi connectivity index (χ0) is 18.9. The van der Waals surface area contributed by atoms with Gasteiger partial charge in [0.05, 0.1) is 12.7 Å². The van der Waals surface area contributed by atoms with Gasteiger partial charge in [0, 0.05) is 13.1 Å². The second-order valence-corrected chi connectivity index (χ2v) is 6.11. The Hall–Kier alpha value is -2.82. The van der Waals surface area contributed by atoms with E-state index in [-0.39, 0.29) is 12.5 Å². The fourth-order valence-corrected chi connectivity index (χ4v) is 2.52. The van der Waals surface area contributed by atoms with E-state index in [1.165, 1.54) is 12.7 Å². The second kappa shape index (κ2) is 9.61. The first kappa shape index (κ1) is 19.5. The van der Waals surface area contributed by atoms with Crippen LogP contribution < -0.4 is 4.74 Å². The normalized spacial score (nSPS) is 10.3. The molecule has 0 atom stereocenters. The van der Waals surface area contributed by atoms with E-state index < -0.39 is 5.97 Å². The smallest absolute Gasteiger partial charge is 0.337 e. The number of carbonyl (C=O) groups excluding carboxylic acids is 2. The van der Waals surface area contributed by atoms with Crippen LogP contribution in [0, 0.1) is 6.92 Å². The monoisotopic (exact) mass is 355 g/mol. The molecule has 138 valence electrons. The first-order chi connectivity index (χ1) is 12.5. The number of methoxy groups -OCH3 is 1. The highest BCUT2D eigenvalue weighted by molar-refractivity contribution is 5.89. The molecule has 0 N–H and O–H groups in total. The molecule has 0 aliphatic rings. The lowest BCUT2D eigenvalue weighted by Crippen LogP contribution is -2.35. The Morgan fingerprint density at radius 1 is 1.00 bits per heavy atom. The molecular weight excluding hydrogens is 330 g/mol. The molecule has 0 saturated carbocycles. The Labute approximate surface area is 154 Å². The maximum Gasteiger partial charge on any atom is 0.337 e. The molecule has 0 aromatic heterocycles. The molecule has 0 heterocycles. The molecule has 2 aromatic carbocycles. The standard InChI is InChI=1S/C21H25NO4/c1-4-13-22(14-17-7-5-16(2)6-8-17)20(23)15-26-19-11-9-18(10-12-19)21(24)25-3/h5-12H,4,13-15H2,1-3H3. The molecule has 5 nitrogen and oxygen atoms in total. The molecule has 0 aliphatic heterocycles. The number of hydrogen-bond acceptors (Lipinski definition) is 4. The Kier molecular flexibility index (Phi) is 7.21. The molecule has 26 heavy (non-hydrogen) atoms. The van der Waals surface area contributed by atoms with Gasteiger partial charge in [-0.3, -0.25) is 4.79 Å². The van der Waals surface area contributed by atoms with Crippen LogP contribution in [0.15, 0.2) is 48.5 Å². The lowest BCUT2D eigenvalue weighted by Gasteiger charge is -2.22. The Bertz CT molecular complexity index is 723. The Balaban J connectivity index is 1.94. The lowest BCUT2D eigenvalue weighted by molar-refractivity contribution is -0.134. The first-order valence-corrected chi connectivity index (χ1v) is 8.68. The van der Waals surface area contributed by atoms with Gasteiger partial charge in [0.15, 0.2) is 6.61 Å². The van der Waals surface area contributed by atoms with Crippen molar-refractivity contribution >= 4 is 11.9 Å². The van der Waals surface area contributed by atoms with Crippen LogP contribution in [0.1, 0.15) is 34.8 Å². The summed E-state index contributed by atoms with van der Waals surface area (Å²) in [4.78, 5) is 25.7. The van der Waals surface area contributed by atoms with Crippen molar-refractivity contribution in [2.45, 2.75) is 26.8 Å². The number of benzene rings is 2. The minimum atomic E-state index is -0.403. The number of carbonyl (C=O) groups is 2. The maximum atomic E-state index is 12.5. The largest absolute Gasteiger partial charge is 0.484 e. The molecular formula is C21H25NO4. The highest BCUT2D eigenvalue weighted by Gasteiger charge is 2.14. The highest BCUT2D eigenvalue weighted by atomic mass is 16.5. The van der Waals surface area contributed by atoms with E-state index >= 15 is 0 Å². The quantitative estimate of drug-likeness (QED) is 0.679. The number of amides is 1. The van der Waals surface area contributed by atoms with E-state index in [1.54, 1.807) is 29.2 Å². The van der Waals surface area contributed by atoms with E-state index in [0.717, 1.165) is 12.0 Å². The summed E-state index contributed by atoms with van der Waals surface area (Å²) in [6, 6.07) is 14.7. The van der Waals surface area contributed by atoms with E-state index in [0.29, 0.717) is 24.4 Å². The van der Waals surface area contributed by atoms with Crippen LogP contribution in [0.25, 0.3) is 0 Å². The first-order valence-electron chi connectivity index (χ1n) is 8.68. The molecule has 0 saturated heterocycles. The van der Waals surface area contributed by atoms with Gasteiger partial charge in [0.1, 0.15) is 5.75 Å². The van der Waals surface area contributed by atoms with Crippen molar-refractivity contribution in [3.63, 3.8) is 0 Å². The van der Waals surface area contributed by atoms with Crippen LogP contribution >= 0.6 is 0 Å². The fourth-order valence-electron chi connectivity index (χ4n) is 2.52. The average molecular weight is 355 g/mol. The number of aryl methyl sites for hydroxylation is 1. The molecule has 0 radical (unpaired) electrons. The number of esters is 1. The van der Waals surface area contributed by atoms with Crippen molar-refractivity contribution in [2.24, 2.45) is 0 Å². The number of rotatable bonds is 8. The van der Waals surface area contributed by atoms with Crippen molar-refractivity contribution in [3.05, 3.63) is 65.2 Å². The van der Waals surface area contributed by atoms with Crippen LogP contribution in [0.2, 0.25) is 0 Å². The van der Waals surface area contributed by atoms with Crippen molar-refractivity contribution in [1.82, 2.24) is 4.90 Å². The summed E-state index contributed by atoms with van der Waals surface area (Å²) in [6.45, 7) is 5.29. The van der Waals surface area contributed by atoms with Crippen LogP contribution in [0.3, 0.4) is 0 Å². The molecule has 0 bridgehead atoms. The van der Waals surface area contributed by atoms with Crippen molar-refractivity contribution < 1.29 is 19.1 Å². The predicted octanol–water partition coefficient (Wildman–Crippen LogP) is 3.60. The summed E-state index contributed by atoms with van der Waals surface area (Å²) < 4.78 is 10.2. The summed E-state index contributed by atoms with van der Waals surface area (Å²) in [6.07, 6.45) is 0.880. The van der Waals surface area contributed by atoms with Crippen LogP contribution in [-0.2, 0) is 16.1 Å². The van der Waals surface area contributed by atoms with Gasteiger partial charge in [-0.2, -0.15) is 0 Å². The van der Waals surface area contributed by atoms with Crippen LogP contribution in [0.4, 0.5) is 0 Å². The Morgan fingerprint density at radius 2 is 1.65 bits per heavy atom. The fraction of sp³-hybridized carbons (Fsp3) is 0.333. The van der Waals surface area contributed by atoms with Gasteiger partial charge < -0.3 is 14.4 Å². The van der Waals surface area contributed by atoms with Gasteiger partial charge in [-0.05, 0) is 43.2 Å². The molecule has 2 rings (SSSR count). The summed E-state index contributed by atoms with van der Waals surface area (Å²) in [5, 5.41) is 0. The predicted molar refractivity (Wildman–Crippen MR) is 100 cm³/mol. The zero-order valence-electron chi connectivity index (χ0n) is 15.5. The molecule has 2 aromatic rings. The second-order valence-electron chi connectivity index (χ2n) is 6.11. The van der Waals surface area contributed by atoms with Gasteiger partial charge in [0.25, 0.3) is 5.91 Å². The van der Waals surface area contributed by atoms with E-state index in [1.807, 2.05) is 38.1 Å². The molecule has 0 unspecified atom stereocenters. The van der Waals surface area contributed by atoms with Gasteiger partial charge in [0.2, 0.25) is 0 Å². The number of nitrogens with zero attached hydrogens (tertiary/aromatic N) is 1. The summed E-state index contributed by atoms with van der Waals surface area (Å²) in [5.41, 5.74) is 2.74. The number of ether oxygens (including phenoxy) is 2. The SMILES string of the molecule is CCCN(Cc1ccc(C)cc1)C(=O)COc1ccc(C(=O)OC)cc1. The van der Waals surface area contributed by atoms with Crippen LogP contribution in [-0.4, -0.2) is 37.0 Å². The lowest BCUT2D eigenvalue weighted by atomic mass is 10.1. The van der Waals surface area contributed by atoms with E-state index in [4.69, 9.17) is 4.74 Å². The van der Waals surface area contributed by atoms with Gasteiger partial charge in [-0.1, -0.05) is 36.8 Å². The minimum Gasteiger partial charge on any atom is -0.484 e. The molecule has 1 amide bonds. The van der Waals surface area contributed by atoms with Crippen molar-refractivity contribution in [3.8, 4) is 5.75 Å².